The number of benzene rings is 1. The first kappa shape index (κ1) is 15.8. The minimum absolute atomic E-state index is 0.0217. The number of fused-ring (bicyclic) bond motifs is 1. The first-order valence-electron chi connectivity index (χ1n) is 8.45. The average Bonchev–Trinajstić information content (AvgIpc) is 3.29. The first-order valence-corrected chi connectivity index (χ1v) is 8.45. The standard InChI is InChI=1S/C17H20N6O2/c1-2-15-19-17(21-20-15)14-10-22(7-8-25-14)16(24)11-23-13-6-4-3-5-12(13)9-18-23/h3-6,9,14H,2,7-8,10-11H2,1H3,(H,19,20,21)/t14-/m1/s1. The molecule has 1 amide bonds. The van der Waals surface area contributed by atoms with Crippen molar-refractivity contribution in [3.05, 3.63) is 42.1 Å². The normalized spacial score (nSPS) is 18.0. The zero-order valence-corrected chi connectivity index (χ0v) is 14.1. The molecule has 4 rings (SSSR count). The van der Waals surface area contributed by atoms with Gasteiger partial charge in [-0.2, -0.15) is 10.2 Å². The Bertz CT molecular complexity index is 886. The van der Waals surface area contributed by atoms with Crippen molar-refractivity contribution in [2.75, 3.05) is 19.7 Å². The van der Waals surface area contributed by atoms with Crippen molar-refractivity contribution in [1.82, 2.24) is 29.9 Å². The summed E-state index contributed by atoms with van der Waals surface area (Å²) in [6, 6.07) is 7.87. The van der Waals surface area contributed by atoms with E-state index in [9.17, 15) is 4.79 Å². The van der Waals surface area contributed by atoms with Gasteiger partial charge in [0.15, 0.2) is 5.82 Å². The van der Waals surface area contributed by atoms with Crippen LogP contribution in [0, 0.1) is 0 Å². The molecule has 0 spiro atoms. The summed E-state index contributed by atoms with van der Waals surface area (Å²) in [5, 5.41) is 12.5. The third-order valence-corrected chi connectivity index (χ3v) is 4.43. The van der Waals surface area contributed by atoms with Crippen LogP contribution in [0.15, 0.2) is 30.5 Å². The SMILES string of the molecule is CCc1nc([C@H]2CN(C(=O)Cn3ncc4ccccc43)CCO2)n[nH]1. The quantitative estimate of drug-likeness (QED) is 0.774. The number of amides is 1. The van der Waals surface area contributed by atoms with E-state index in [-0.39, 0.29) is 18.6 Å². The Kier molecular flexibility index (Phi) is 4.19. The van der Waals surface area contributed by atoms with Gasteiger partial charge in [0.1, 0.15) is 18.5 Å². The molecule has 0 aliphatic carbocycles. The number of carbonyl (C=O) groups excluding carboxylic acids is 1. The maximum Gasteiger partial charge on any atom is 0.244 e. The van der Waals surface area contributed by atoms with E-state index in [2.05, 4.69) is 20.3 Å². The molecule has 1 aliphatic heterocycles. The number of H-pyrrole nitrogens is 1. The van der Waals surface area contributed by atoms with Crippen LogP contribution in [0.2, 0.25) is 0 Å². The third-order valence-electron chi connectivity index (χ3n) is 4.43. The van der Waals surface area contributed by atoms with Gasteiger partial charge in [-0.25, -0.2) is 4.98 Å². The zero-order valence-electron chi connectivity index (χ0n) is 14.1. The van der Waals surface area contributed by atoms with Crippen LogP contribution in [0.4, 0.5) is 0 Å². The fourth-order valence-corrected chi connectivity index (χ4v) is 3.02. The molecule has 3 heterocycles. The van der Waals surface area contributed by atoms with Crippen LogP contribution in [0.5, 0.6) is 0 Å². The number of morpholine rings is 1. The Morgan fingerprint density at radius 2 is 2.28 bits per heavy atom. The van der Waals surface area contributed by atoms with Crippen molar-refractivity contribution in [2.45, 2.75) is 26.0 Å². The number of nitrogens with zero attached hydrogens (tertiary/aromatic N) is 5. The van der Waals surface area contributed by atoms with Gasteiger partial charge in [0.2, 0.25) is 5.91 Å². The van der Waals surface area contributed by atoms with Crippen LogP contribution in [0.25, 0.3) is 10.9 Å². The van der Waals surface area contributed by atoms with Crippen LogP contribution in [-0.2, 0) is 22.5 Å². The van der Waals surface area contributed by atoms with Gasteiger partial charge in [0.25, 0.3) is 0 Å². The molecular weight excluding hydrogens is 320 g/mol. The molecule has 25 heavy (non-hydrogen) atoms. The van der Waals surface area contributed by atoms with E-state index < -0.39 is 0 Å². The van der Waals surface area contributed by atoms with Crippen LogP contribution in [0.3, 0.4) is 0 Å². The number of nitrogens with one attached hydrogen (secondary N) is 1. The maximum absolute atomic E-state index is 12.7. The summed E-state index contributed by atoms with van der Waals surface area (Å²) in [6.45, 7) is 3.73. The zero-order chi connectivity index (χ0) is 17.2. The number of aryl methyl sites for hydroxylation is 1. The topological polar surface area (TPSA) is 88.9 Å². The van der Waals surface area contributed by atoms with Crippen molar-refractivity contribution in [3.8, 4) is 0 Å². The largest absolute Gasteiger partial charge is 0.366 e. The lowest BCUT2D eigenvalue weighted by Gasteiger charge is -2.31. The van der Waals surface area contributed by atoms with Crippen LogP contribution < -0.4 is 0 Å². The highest BCUT2D eigenvalue weighted by Crippen LogP contribution is 2.20. The highest BCUT2D eigenvalue weighted by atomic mass is 16.5. The molecule has 8 nitrogen and oxygen atoms in total. The highest BCUT2D eigenvalue weighted by molar-refractivity contribution is 5.82. The molecule has 1 fully saturated rings. The van der Waals surface area contributed by atoms with E-state index in [1.54, 1.807) is 15.8 Å². The predicted octanol–water partition coefficient (Wildman–Crippen LogP) is 1.32. The summed E-state index contributed by atoms with van der Waals surface area (Å²) < 4.78 is 7.49. The lowest BCUT2D eigenvalue weighted by molar-refractivity contribution is -0.140. The monoisotopic (exact) mass is 340 g/mol. The van der Waals surface area contributed by atoms with E-state index in [1.807, 2.05) is 31.2 Å². The molecule has 1 aliphatic rings. The van der Waals surface area contributed by atoms with Crippen LogP contribution >= 0.6 is 0 Å². The number of hydrogen-bond acceptors (Lipinski definition) is 5. The fourth-order valence-electron chi connectivity index (χ4n) is 3.02. The molecule has 0 saturated carbocycles. The summed E-state index contributed by atoms with van der Waals surface area (Å²) in [7, 11) is 0. The molecule has 0 bridgehead atoms. The molecular formula is C17H20N6O2. The predicted molar refractivity (Wildman–Crippen MR) is 90.8 cm³/mol. The summed E-state index contributed by atoms with van der Waals surface area (Å²) in [5.74, 6) is 1.46. The van der Waals surface area contributed by atoms with E-state index in [1.165, 1.54) is 0 Å². The number of rotatable bonds is 4. The van der Waals surface area contributed by atoms with Crippen molar-refractivity contribution >= 4 is 16.8 Å². The Morgan fingerprint density at radius 3 is 3.12 bits per heavy atom. The number of para-hydroxylation sites is 1. The second-order valence-electron chi connectivity index (χ2n) is 6.05. The van der Waals surface area contributed by atoms with Gasteiger partial charge >= 0.3 is 0 Å². The molecule has 1 N–H and O–H groups in total. The Morgan fingerprint density at radius 1 is 1.40 bits per heavy atom. The van der Waals surface area contributed by atoms with E-state index in [4.69, 9.17) is 4.74 Å². The summed E-state index contributed by atoms with van der Waals surface area (Å²) in [5.41, 5.74) is 0.960. The molecule has 1 atom stereocenters. The molecule has 1 aromatic carbocycles. The first-order chi connectivity index (χ1) is 12.2. The maximum atomic E-state index is 12.7. The van der Waals surface area contributed by atoms with Crippen LogP contribution in [0.1, 0.15) is 24.7 Å². The molecule has 8 heteroatoms. The number of aromatic nitrogens is 5. The average molecular weight is 340 g/mol. The molecule has 3 aromatic rings. The van der Waals surface area contributed by atoms with Crippen molar-refractivity contribution in [2.24, 2.45) is 0 Å². The van der Waals surface area contributed by atoms with Gasteiger partial charge in [-0.3, -0.25) is 14.6 Å². The van der Waals surface area contributed by atoms with Crippen LogP contribution in [-0.4, -0.2) is 55.5 Å². The Labute approximate surface area is 144 Å². The number of aromatic amines is 1. The second kappa shape index (κ2) is 6.64. The van der Waals surface area contributed by atoms with Crippen molar-refractivity contribution in [3.63, 3.8) is 0 Å². The molecule has 130 valence electrons. The second-order valence-corrected chi connectivity index (χ2v) is 6.05. The minimum Gasteiger partial charge on any atom is -0.366 e. The lowest BCUT2D eigenvalue weighted by atomic mass is 10.2. The third kappa shape index (κ3) is 3.12. The number of ether oxygens (including phenoxy) is 1. The van der Waals surface area contributed by atoms with Gasteiger partial charge in [0.05, 0.1) is 24.9 Å². The summed E-state index contributed by atoms with van der Waals surface area (Å²) >= 11 is 0. The highest BCUT2D eigenvalue weighted by Gasteiger charge is 2.28. The number of carbonyl (C=O) groups is 1. The minimum atomic E-state index is -0.288. The molecule has 2 aromatic heterocycles. The smallest absolute Gasteiger partial charge is 0.244 e. The van der Waals surface area contributed by atoms with Gasteiger partial charge < -0.3 is 9.64 Å². The summed E-state index contributed by atoms with van der Waals surface area (Å²) in [4.78, 5) is 18.9. The fraction of sp³-hybridized carbons (Fsp3) is 0.412. The number of hydrogen-bond donors (Lipinski definition) is 1. The Balaban J connectivity index is 1.46. The summed E-state index contributed by atoms with van der Waals surface area (Å²) in [6.07, 6.45) is 2.28. The van der Waals surface area contributed by atoms with Gasteiger partial charge in [-0.15, -0.1) is 0 Å². The Hall–Kier alpha value is -2.74. The molecule has 1 saturated heterocycles. The van der Waals surface area contributed by atoms with E-state index in [0.29, 0.717) is 25.5 Å². The van der Waals surface area contributed by atoms with Crippen molar-refractivity contribution in [1.29, 1.82) is 0 Å². The van der Waals surface area contributed by atoms with Gasteiger partial charge in [-0.1, -0.05) is 25.1 Å². The van der Waals surface area contributed by atoms with Gasteiger partial charge in [0, 0.05) is 18.4 Å². The lowest BCUT2D eigenvalue weighted by Crippen LogP contribution is -2.44. The van der Waals surface area contributed by atoms with E-state index in [0.717, 1.165) is 23.1 Å². The van der Waals surface area contributed by atoms with Crippen molar-refractivity contribution < 1.29 is 9.53 Å². The van der Waals surface area contributed by atoms with E-state index >= 15 is 0 Å². The molecule has 0 radical (unpaired) electrons. The molecule has 0 unspecified atom stereocenters. The van der Waals surface area contributed by atoms with Gasteiger partial charge in [-0.05, 0) is 6.07 Å².